The van der Waals surface area contributed by atoms with Gasteiger partial charge in [0, 0.05) is 19.0 Å². The molecule has 3 N–H and O–H groups in total. The van der Waals surface area contributed by atoms with Gasteiger partial charge in [-0.25, -0.2) is 0 Å². The van der Waals surface area contributed by atoms with Crippen LogP contribution in [0.1, 0.15) is 23.6 Å². The zero-order chi connectivity index (χ0) is 18.9. The van der Waals surface area contributed by atoms with Gasteiger partial charge in [-0.15, -0.1) is 0 Å². The van der Waals surface area contributed by atoms with E-state index in [9.17, 15) is 13.6 Å². The smallest absolute Gasteiger partial charge is 0.387 e. The van der Waals surface area contributed by atoms with Gasteiger partial charge in [-0.2, -0.15) is 8.78 Å². The number of carbonyl (C=O) groups excluding carboxylic acids is 1. The Morgan fingerprint density at radius 1 is 1.15 bits per heavy atom. The van der Waals surface area contributed by atoms with Crippen molar-refractivity contribution in [2.45, 2.75) is 25.5 Å². The van der Waals surface area contributed by atoms with Crippen molar-refractivity contribution in [1.82, 2.24) is 5.32 Å². The van der Waals surface area contributed by atoms with Gasteiger partial charge in [0.25, 0.3) is 0 Å². The highest BCUT2D eigenvalue weighted by atomic mass is 19.3. The Morgan fingerprint density at radius 2 is 1.88 bits per heavy atom. The topological polar surface area (TPSA) is 73.6 Å². The van der Waals surface area contributed by atoms with E-state index in [1.807, 2.05) is 30.3 Å². The fourth-order valence-corrected chi connectivity index (χ4v) is 2.50. The molecule has 0 spiro atoms. The Bertz CT molecular complexity index is 711. The minimum atomic E-state index is -2.93. The van der Waals surface area contributed by atoms with Gasteiger partial charge in [0.15, 0.2) is 11.5 Å². The van der Waals surface area contributed by atoms with Gasteiger partial charge in [-0.3, -0.25) is 4.79 Å². The highest BCUT2D eigenvalue weighted by Crippen LogP contribution is 2.29. The number of rotatable bonds is 9. The van der Waals surface area contributed by atoms with Gasteiger partial charge < -0.3 is 20.5 Å². The third kappa shape index (κ3) is 6.00. The van der Waals surface area contributed by atoms with Crippen LogP contribution in [0.15, 0.2) is 48.5 Å². The summed E-state index contributed by atoms with van der Waals surface area (Å²) in [5.41, 5.74) is 7.65. The maximum absolute atomic E-state index is 12.4. The standard InChI is InChI=1S/C19H22F2N2O3/c1-25-16-8-7-13(11-17(16)26-19(20)21)9-10-23-18(24)12-15(22)14-5-3-2-4-6-14/h2-8,11,15,19H,9-10,12,22H2,1H3,(H,23,24). The van der Waals surface area contributed by atoms with Crippen molar-refractivity contribution in [2.75, 3.05) is 13.7 Å². The number of alkyl halides is 2. The zero-order valence-corrected chi connectivity index (χ0v) is 14.5. The maximum atomic E-state index is 12.4. The molecular formula is C19H22F2N2O3. The molecular weight excluding hydrogens is 342 g/mol. The van der Waals surface area contributed by atoms with Crippen LogP contribution in [0.5, 0.6) is 11.5 Å². The molecule has 2 rings (SSSR count). The van der Waals surface area contributed by atoms with E-state index in [1.165, 1.54) is 13.2 Å². The molecule has 0 bridgehead atoms. The largest absolute Gasteiger partial charge is 0.493 e. The Hall–Kier alpha value is -2.67. The molecule has 0 aliphatic heterocycles. The van der Waals surface area contributed by atoms with Gasteiger partial charge >= 0.3 is 6.61 Å². The average molecular weight is 364 g/mol. The first-order valence-corrected chi connectivity index (χ1v) is 8.18. The number of halogens is 2. The van der Waals surface area contributed by atoms with Crippen LogP contribution in [-0.2, 0) is 11.2 Å². The zero-order valence-electron chi connectivity index (χ0n) is 14.5. The quantitative estimate of drug-likeness (QED) is 0.717. The summed E-state index contributed by atoms with van der Waals surface area (Å²) in [7, 11) is 1.38. The molecule has 0 saturated heterocycles. The number of nitrogens with two attached hydrogens (primary N) is 1. The van der Waals surface area contributed by atoms with Crippen LogP contribution < -0.4 is 20.5 Å². The highest BCUT2D eigenvalue weighted by Gasteiger charge is 2.13. The summed E-state index contributed by atoms with van der Waals surface area (Å²) < 4.78 is 34.3. The monoisotopic (exact) mass is 364 g/mol. The molecule has 0 aromatic heterocycles. The predicted octanol–water partition coefficient (Wildman–Crippen LogP) is 3.05. The highest BCUT2D eigenvalue weighted by molar-refractivity contribution is 5.76. The number of methoxy groups -OCH3 is 1. The Balaban J connectivity index is 1.84. The van der Waals surface area contributed by atoms with E-state index in [2.05, 4.69) is 10.1 Å². The van der Waals surface area contributed by atoms with Gasteiger partial charge in [-0.1, -0.05) is 36.4 Å². The fraction of sp³-hybridized carbons (Fsp3) is 0.316. The van der Waals surface area contributed by atoms with Crippen molar-refractivity contribution in [2.24, 2.45) is 5.73 Å². The molecule has 0 heterocycles. The lowest BCUT2D eigenvalue weighted by molar-refractivity contribution is -0.121. The van der Waals surface area contributed by atoms with Gasteiger partial charge in [-0.05, 0) is 29.7 Å². The molecule has 5 nitrogen and oxygen atoms in total. The summed E-state index contributed by atoms with van der Waals surface area (Å²) >= 11 is 0. The van der Waals surface area contributed by atoms with E-state index in [-0.39, 0.29) is 29.9 Å². The van der Waals surface area contributed by atoms with Gasteiger partial charge in [0.1, 0.15) is 0 Å². The molecule has 0 saturated carbocycles. The maximum Gasteiger partial charge on any atom is 0.387 e. The number of amides is 1. The van der Waals surface area contributed by atoms with E-state index in [4.69, 9.17) is 10.5 Å². The molecule has 7 heteroatoms. The number of ether oxygens (including phenoxy) is 2. The molecule has 26 heavy (non-hydrogen) atoms. The van der Waals surface area contributed by atoms with Crippen LogP contribution in [0.3, 0.4) is 0 Å². The van der Waals surface area contributed by atoms with Gasteiger partial charge in [0.2, 0.25) is 5.91 Å². The first-order chi connectivity index (χ1) is 12.5. The summed E-state index contributed by atoms with van der Waals surface area (Å²) in [4.78, 5) is 12.0. The summed E-state index contributed by atoms with van der Waals surface area (Å²) in [6.07, 6.45) is 0.641. The molecule has 0 aliphatic rings. The third-order valence-corrected chi connectivity index (χ3v) is 3.81. The summed E-state index contributed by atoms with van der Waals surface area (Å²) in [6, 6.07) is 13.8. The lowest BCUT2D eigenvalue weighted by Gasteiger charge is -2.13. The molecule has 140 valence electrons. The number of benzene rings is 2. The van der Waals surface area contributed by atoms with Crippen molar-refractivity contribution >= 4 is 5.91 Å². The predicted molar refractivity (Wildman–Crippen MR) is 94.3 cm³/mol. The van der Waals surface area contributed by atoms with Crippen LogP contribution in [-0.4, -0.2) is 26.2 Å². The summed E-state index contributed by atoms with van der Waals surface area (Å²) in [6.45, 7) is -2.57. The lowest BCUT2D eigenvalue weighted by atomic mass is 10.0. The molecule has 1 amide bonds. The molecule has 1 unspecified atom stereocenters. The van der Waals surface area contributed by atoms with Crippen molar-refractivity contribution in [3.8, 4) is 11.5 Å². The summed E-state index contributed by atoms with van der Waals surface area (Å²) in [5.74, 6) is 0.0308. The van der Waals surface area contributed by atoms with Crippen molar-refractivity contribution in [3.05, 3.63) is 59.7 Å². The lowest BCUT2D eigenvalue weighted by Crippen LogP contribution is -2.29. The number of hydrogen-bond donors (Lipinski definition) is 2. The average Bonchev–Trinajstić information content (AvgIpc) is 2.62. The van der Waals surface area contributed by atoms with E-state index in [0.29, 0.717) is 13.0 Å². The third-order valence-electron chi connectivity index (χ3n) is 3.81. The van der Waals surface area contributed by atoms with Crippen LogP contribution >= 0.6 is 0 Å². The van der Waals surface area contributed by atoms with Crippen molar-refractivity contribution < 1.29 is 23.0 Å². The SMILES string of the molecule is COc1ccc(CCNC(=O)CC(N)c2ccccc2)cc1OC(F)F. The minimum absolute atomic E-state index is 0.0302. The Morgan fingerprint density at radius 3 is 2.54 bits per heavy atom. The van der Waals surface area contributed by atoms with Crippen LogP contribution in [0, 0.1) is 0 Å². The molecule has 0 fully saturated rings. The number of carbonyl (C=O) groups is 1. The van der Waals surface area contributed by atoms with E-state index in [0.717, 1.165) is 11.1 Å². The number of hydrogen-bond acceptors (Lipinski definition) is 4. The van der Waals surface area contributed by atoms with Gasteiger partial charge in [0.05, 0.1) is 7.11 Å². The second-order valence-electron chi connectivity index (χ2n) is 5.68. The first kappa shape index (κ1) is 19.7. The normalized spacial score (nSPS) is 11.9. The van der Waals surface area contributed by atoms with E-state index < -0.39 is 6.61 Å². The van der Waals surface area contributed by atoms with E-state index in [1.54, 1.807) is 12.1 Å². The molecule has 0 aliphatic carbocycles. The second kappa shape index (κ2) is 9.72. The Kier molecular flexibility index (Phi) is 7.35. The summed E-state index contributed by atoms with van der Waals surface area (Å²) in [5, 5.41) is 2.78. The van der Waals surface area contributed by atoms with Crippen LogP contribution in [0.25, 0.3) is 0 Å². The van der Waals surface area contributed by atoms with Crippen LogP contribution in [0.4, 0.5) is 8.78 Å². The molecule has 0 radical (unpaired) electrons. The Labute approximate surface area is 151 Å². The van der Waals surface area contributed by atoms with E-state index >= 15 is 0 Å². The fourth-order valence-electron chi connectivity index (χ4n) is 2.50. The van der Waals surface area contributed by atoms with Crippen molar-refractivity contribution in [1.29, 1.82) is 0 Å². The van der Waals surface area contributed by atoms with Crippen molar-refractivity contribution in [3.63, 3.8) is 0 Å². The van der Waals surface area contributed by atoms with Crippen LogP contribution in [0.2, 0.25) is 0 Å². The number of nitrogens with one attached hydrogen (secondary N) is 1. The minimum Gasteiger partial charge on any atom is -0.493 e. The molecule has 2 aromatic carbocycles. The molecule has 1 atom stereocenters. The second-order valence-corrected chi connectivity index (χ2v) is 5.68. The first-order valence-electron chi connectivity index (χ1n) is 8.18. The molecule has 2 aromatic rings.